The average Bonchev–Trinajstić information content (AvgIpc) is 3.20. The Morgan fingerprint density at radius 2 is 2.05 bits per heavy atom. The Balaban J connectivity index is 1.74. The molecular formula is C15H16BrNO3. The summed E-state index contributed by atoms with van der Waals surface area (Å²) < 4.78 is 1.06. The second kappa shape index (κ2) is 5.20. The number of hydrogen-bond donors (Lipinski definition) is 1. The molecule has 3 rings (SSSR count). The topological polar surface area (TPSA) is 57.6 Å². The second-order valence-corrected chi connectivity index (χ2v) is 6.48. The number of carbonyl (C=O) groups is 2. The SMILES string of the molecule is O=C(O)[C@@H]1C[C@H]1C(=O)N1CCCc2cc(Br)ccc2C1. The predicted octanol–water partition coefficient (Wildman–Crippen LogP) is 2.44. The molecule has 1 aliphatic heterocycles. The standard InChI is InChI=1S/C15H16BrNO3/c16-11-4-3-10-8-17(5-1-2-9(10)6-11)14(18)12-7-13(12)15(19)20/h3-4,6,12-13H,1-2,5,7-8H2,(H,19,20)/t12-,13-/m1/s1. The van der Waals surface area contributed by atoms with E-state index in [4.69, 9.17) is 5.11 Å². The number of hydrogen-bond acceptors (Lipinski definition) is 2. The summed E-state index contributed by atoms with van der Waals surface area (Å²) in [5.74, 6) is -1.60. The lowest BCUT2D eigenvalue weighted by Crippen LogP contribution is -2.32. The normalized spacial score (nSPS) is 24.8. The third kappa shape index (κ3) is 2.59. The largest absolute Gasteiger partial charge is 0.481 e. The molecule has 0 saturated heterocycles. The first kappa shape index (κ1) is 13.6. The molecule has 1 fully saturated rings. The van der Waals surface area contributed by atoms with Crippen molar-refractivity contribution in [1.82, 2.24) is 4.90 Å². The van der Waals surface area contributed by atoms with Crippen LogP contribution in [0, 0.1) is 11.8 Å². The van der Waals surface area contributed by atoms with E-state index in [1.807, 2.05) is 17.0 Å². The van der Waals surface area contributed by atoms with Crippen LogP contribution in [-0.4, -0.2) is 28.4 Å². The van der Waals surface area contributed by atoms with Crippen LogP contribution in [0.1, 0.15) is 24.0 Å². The van der Waals surface area contributed by atoms with Gasteiger partial charge in [-0.15, -0.1) is 0 Å². The number of carboxylic acids is 1. The van der Waals surface area contributed by atoms with Gasteiger partial charge in [-0.25, -0.2) is 0 Å². The molecule has 2 atom stereocenters. The number of aliphatic carboxylic acids is 1. The van der Waals surface area contributed by atoms with Crippen molar-refractivity contribution in [1.29, 1.82) is 0 Å². The number of carboxylic acid groups (broad SMARTS) is 1. The van der Waals surface area contributed by atoms with Gasteiger partial charge in [-0.2, -0.15) is 0 Å². The van der Waals surface area contributed by atoms with Crippen LogP contribution >= 0.6 is 15.9 Å². The van der Waals surface area contributed by atoms with Crippen LogP contribution in [-0.2, 0) is 22.6 Å². The van der Waals surface area contributed by atoms with Crippen LogP contribution in [0.15, 0.2) is 22.7 Å². The van der Waals surface area contributed by atoms with Crippen molar-refractivity contribution in [2.75, 3.05) is 6.54 Å². The zero-order chi connectivity index (χ0) is 14.3. The van der Waals surface area contributed by atoms with E-state index < -0.39 is 11.9 Å². The number of nitrogens with zero attached hydrogens (tertiary/aromatic N) is 1. The molecule has 2 aliphatic rings. The van der Waals surface area contributed by atoms with Crippen LogP contribution in [0.2, 0.25) is 0 Å². The lowest BCUT2D eigenvalue weighted by atomic mass is 10.0. The molecule has 1 aliphatic carbocycles. The minimum atomic E-state index is -0.845. The second-order valence-electron chi connectivity index (χ2n) is 5.56. The lowest BCUT2D eigenvalue weighted by molar-refractivity contribution is -0.142. The van der Waals surface area contributed by atoms with Gasteiger partial charge < -0.3 is 10.0 Å². The van der Waals surface area contributed by atoms with Crippen molar-refractivity contribution >= 4 is 27.8 Å². The van der Waals surface area contributed by atoms with Gasteiger partial charge in [0.05, 0.1) is 11.8 Å². The predicted molar refractivity (Wildman–Crippen MR) is 77.1 cm³/mol. The first-order valence-corrected chi connectivity index (χ1v) is 7.64. The third-order valence-electron chi connectivity index (χ3n) is 4.14. The number of amides is 1. The Kier molecular flexibility index (Phi) is 3.54. The smallest absolute Gasteiger partial charge is 0.307 e. The highest BCUT2D eigenvalue weighted by molar-refractivity contribution is 9.10. The summed E-state index contributed by atoms with van der Waals surface area (Å²) >= 11 is 3.47. The molecule has 0 radical (unpaired) electrons. The van der Waals surface area contributed by atoms with E-state index >= 15 is 0 Å². The van der Waals surface area contributed by atoms with Crippen molar-refractivity contribution in [2.24, 2.45) is 11.8 Å². The lowest BCUT2D eigenvalue weighted by Gasteiger charge is -2.21. The molecule has 1 amide bonds. The molecule has 5 heteroatoms. The van der Waals surface area contributed by atoms with Gasteiger partial charge in [0.25, 0.3) is 0 Å². The molecule has 20 heavy (non-hydrogen) atoms. The molecule has 1 heterocycles. The third-order valence-corrected chi connectivity index (χ3v) is 4.63. The zero-order valence-electron chi connectivity index (χ0n) is 11.0. The monoisotopic (exact) mass is 337 g/mol. The molecule has 4 nitrogen and oxygen atoms in total. The van der Waals surface area contributed by atoms with Gasteiger partial charge in [0, 0.05) is 17.6 Å². The summed E-state index contributed by atoms with van der Waals surface area (Å²) in [6, 6.07) is 6.15. The minimum absolute atomic E-state index is 0.00756. The molecule has 1 saturated carbocycles. The fourth-order valence-electron chi connectivity index (χ4n) is 2.89. The first-order valence-electron chi connectivity index (χ1n) is 6.85. The summed E-state index contributed by atoms with van der Waals surface area (Å²) in [6.07, 6.45) is 2.39. The van der Waals surface area contributed by atoms with Crippen molar-refractivity contribution in [3.63, 3.8) is 0 Å². The highest BCUT2D eigenvalue weighted by atomic mass is 79.9. The molecule has 0 bridgehead atoms. The van der Waals surface area contributed by atoms with Gasteiger partial charge >= 0.3 is 5.97 Å². The Labute approximate surface area is 125 Å². The Morgan fingerprint density at radius 1 is 1.25 bits per heavy atom. The average molecular weight is 338 g/mol. The Hall–Kier alpha value is -1.36. The Bertz CT molecular complexity index is 572. The van der Waals surface area contributed by atoms with E-state index in [2.05, 4.69) is 22.0 Å². The fraction of sp³-hybridized carbons (Fsp3) is 0.467. The summed E-state index contributed by atoms with van der Waals surface area (Å²) in [4.78, 5) is 25.1. The van der Waals surface area contributed by atoms with Gasteiger partial charge in [0.2, 0.25) is 5.91 Å². The maximum atomic E-state index is 12.4. The highest BCUT2D eigenvalue weighted by Gasteiger charge is 2.49. The van der Waals surface area contributed by atoms with E-state index in [1.54, 1.807) is 0 Å². The van der Waals surface area contributed by atoms with Crippen molar-refractivity contribution in [3.05, 3.63) is 33.8 Å². The van der Waals surface area contributed by atoms with E-state index in [-0.39, 0.29) is 11.8 Å². The van der Waals surface area contributed by atoms with Gasteiger partial charge in [-0.1, -0.05) is 22.0 Å². The Morgan fingerprint density at radius 3 is 2.75 bits per heavy atom. The van der Waals surface area contributed by atoms with Crippen LogP contribution in [0.25, 0.3) is 0 Å². The fourth-order valence-corrected chi connectivity index (χ4v) is 3.30. The van der Waals surface area contributed by atoms with Crippen molar-refractivity contribution in [3.8, 4) is 0 Å². The molecule has 0 aromatic heterocycles. The van der Waals surface area contributed by atoms with E-state index in [0.29, 0.717) is 19.5 Å². The van der Waals surface area contributed by atoms with Crippen molar-refractivity contribution < 1.29 is 14.7 Å². The number of benzene rings is 1. The van der Waals surface area contributed by atoms with E-state index in [0.717, 1.165) is 17.3 Å². The number of fused-ring (bicyclic) bond motifs is 1. The number of carbonyl (C=O) groups excluding carboxylic acids is 1. The summed E-state index contributed by atoms with van der Waals surface area (Å²) in [5.41, 5.74) is 2.45. The first-order chi connectivity index (χ1) is 9.56. The molecule has 0 unspecified atom stereocenters. The zero-order valence-corrected chi connectivity index (χ0v) is 12.6. The molecule has 1 aromatic rings. The maximum Gasteiger partial charge on any atom is 0.307 e. The summed E-state index contributed by atoms with van der Waals surface area (Å²) in [7, 11) is 0. The van der Waals surface area contributed by atoms with Gasteiger partial charge in [0.1, 0.15) is 0 Å². The van der Waals surface area contributed by atoms with Gasteiger partial charge in [0.15, 0.2) is 0 Å². The molecular weight excluding hydrogens is 322 g/mol. The quantitative estimate of drug-likeness (QED) is 0.901. The molecule has 1 aromatic carbocycles. The molecule has 106 valence electrons. The van der Waals surface area contributed by atoms with Gasteiger partial charge in [-0.3, -0.25) is 9.59 Å². The summed E-state index contributed by atoms with van der Waals surface area (Å²) in [6.45, 7) is 1.32. The van der Waals surface area contributed by atoms with E-state index in [9.17, 15) is 9.59 Å². The number of halogens is 1. The number of aryl methyl sites for hydroxylation is 1. The maximum absolute atomic E-state index is 12.4. The van der Waals surface area contributed by atoms with Crippen molar-refractivity contribution in [2.45, 2.75) is 25.8 Å². The van der Waals surface area contributed by atoms with Crippen LogP contribution in [0.4, 0.5) is 0 Å². The molecule has 0 spiro atoms. The van der Waals surface area contributed by atoms with Crippen LogP contribution < -0.4 is 0 Å². The minimum Gasteiger partial charge on any atom is -0.481 e. The highest BCUT2D eigenvalue weighted by Crippen LogP contribution is 2.40. The van der Waals surface area contributed by atoms with E-state index in [1.165, 1.54) is 11.1 Å². The molecule has 1 N–H and O–H groups in total. The van der Waals surface area contributed by atoms with Crippen LogP contribution in [0.3, 0.4) is 0 Å². The summed E-state index contributed by atoms with van der Waals surface area (Å²) in [5, 5.41) is 8.94. The van der Waals surface area contributed by atoms with Gasteiger partial charge in [-0.05, 0) is 42.5 Å². The van der Waals surface area contributed by atoms with Crippen LogP contribution in [0.5, 0.6) is 0 Å². The number of rotatable bonds is 2.